The Balaban J connectivity index is 1.31. The summed E-state index contributed by atoms with van der Waals surface area (Å²) in [6, 6.07) is 18.9. The van der Waals surface area contributed by atoms with Crippen molar-refractivity contribution in [3.8, 4) is 5.75 Å². The fraction of sp³-hybridized carbons (Fsp3) is 0.480. The number of guanidine groups is 1. The van der Waals surface area contributed by atoms with Gasteiger partial charge in [0.1, 0.15) is 5.75 Å². The molecule has 166 valence electrons. The van der Waals surface area contributed by atoms with E-state index in [0.29, 0.717) is 5.92 Å². The minimum absolute atomic E-state index is 0.160. The van der Waals surface area contributed by atoms with Crippen LogP contribution in [0.25, 0.3) is 0 Å². The highest BCUT2D eigenvalue weighted by molar-refractivity contribution is 5.80. The Kier molecular flexibility index (Phi) is 7.30. The highest BCUT2D eigenvalue weighted by Gasteiger charge is 2.28. The van der Waals surface area contributed by atoms with Gasteiger partial charge in [-0.1, -0.05) is 30.3 Å². The Morgan fingerprint density at radius 2 is 1.81 bits per heavy atom. The van der Waals surface area contributed by atoms with Crippen molar-refractivity contribution in [2.24, 2.45) is 10.9 Å². The fourth-order valence-electron chi connectivity index (χ4n) is 4.59. The van der Waals surface area contributed by atoms with Crippen LogP contribution in [0, 0.1) is 5.92 Å². The first-order chi connectivity index (χ1) is 15.3. The molecular weight excluding hydrogens is 388 g/mol. The lowest BCUT2D eigenvalue weighted by molar-refractivity contribution is -0.0266. The van der Waals surface area contributed by atoms with Crippen LogP contribution in [0.2, 0.25) is 0 Å². The SMILES string of the molecule is CN=C(NCC1CCCOC1c1ccccc1)N1CCN(c2ccc(OC)cc2)CC1. The molecule has 6 nitrogen and oxygen atoms in total. The predicted molar refractivity (Wildman–Crippen MR) is 126 cm³/mol. The summed E-state index contributed by atoms with van der Waals surface area (Å²) in [6.45, 7) is 5.59. The van der Waals surface area contributed by atoms with Gasteiger partial charge in [-0.25, -0.2) is 0 Å². The average molecular weight is 423 g/mol. The minimum Gasteiger partial charge on any atom is -0.497 e. The standard InChI is InChI=1S/C25H34N4O2/c1-26-25(27-19-21-9-6-18-31-24(21)20-7-4-3-5-8-20)29-16-14-28(15-17-29)22-10-12-23(30-2)13-11-22/h3-5,7-8,10-13,21,24H,6,9,14-19H2,1-2H3,(H,26,27). The Bertz CT molecular complexity index is 832. The molecule has 2 heterocycles. The Morgan fingerprint density at radius 1 is 1.06 bits per heavy atom. The highest BCUT2D eigenvalue weighted by Crippen LogP contribution is 2.33. The van der Waals surface area contributed by atoms with Crippen molar-refractivity contribution in [1.82, 2.24) is 10.2 Å². The van der Waals surface area contributed by atoms with Gasteiger partial charge in [-0.2, -0.15) is 0 Å². The molecule has 0 bridgehead atoms. The van der Waals surface area contributed by atoms with Crippen molar-refractivity contribution in [3.05, 3.63) is 60.2 Å². The summed E-state index contributed by atoms with van der Waals surface area (Å²) in [5.41, 5.74) is 2.52. The second-order valence-electron chi connectivity index (χ2n) is 8.20. The van der Waals surface area contributed by atoms with Crippen LogP contribution in [0.3, 0.4) is 0 Å². The Hall–Kier alpha value is -2.73. The van der Waals surface area contributed by atoms with E-state index in [9.17, 15) is 0 Å². The van der Waals surface area contributed by atoms with Crippen molar-refractivity contribution in [3.63, 3.8) is 0 Å². The van der Waals surface area contributed by atoms with Crippen molar-refractivity contribution < 1.29 is 9.47 Å². The summed E-state index contributed by atoms with van der Waals surface area (Å²) in [5.74, 6) is 2.34. The number of nitrogens with one attached hydrogen (secondary N) is 1. The lowest BCUT2D eigenvalue weighted by atomic mass is 9.89. The van der Waals surface area contributed by atoms with Gasteiger partial charge < -0.3 is 24.6 Å². The zero-order valence-corrected chi connectivity index (χ0v) is 18.7. The number of benzene rings is 2. The molecule has 0 aliphatic carbocycles. The second kappa shape index (κ2) is 10.5. The van der Waals surface area contributed by atoms with E-state index in [1.54, 1.807) is 7.11 Å². The molecule has 2 aromatic rings. The van der Waals surface area contributed by atoms with Crippen LogP contribution in [-0.2, 0) is 4.74 Å². The quantitative estimate of drug-likeness (QED) is 0.590. The smallest absolute Gasteiger partial charge is 0.193 e. The van der Waals surface area contributed by atoms with Crippen molar-refractivity contribution >= 4 is 11.6 Å². The molecule has 0 spiro atoms. The molecule has 2 aromatic carbocycles. The molecule has 2 aliphatic heterocycles. The lowest BCUT2D eigenvalue weighted by Crippen LogP contribution is -2.53. The molecule has 0 radical (unpaired) electrons. The summed E-state index contributed by atoms with van der Waals surface area (Å²) < 4.78 is 11.4. The number of anilines is 1. The molecule has 2 aliphatic rings. The molecule has 1 N–H and O–H groups in total. The van der Waals surface area contributed by atoms with E-state index in [2.05, 4.69) is 62.6 Å². The van der Waals surface area contributed by atoms with E-state index in [1.807, 2.05) is 19.2 Å². The van der Waals surface area contributed by atoms with Crippen molar-refractivity contribution in [1.29, 1.82) is 0 Å². The first-order valence-electron chi connectivity index (χ1n) is 11.3. The van der Waals surface area contributed by atoms with E-state index in [1.165, 1.54) is 17.7 Å². The minimum atomic E-state index is 0.160. The normalized spacial score (nSPS) is 22.3. The largest absolute Gasteiger partial charge is 0.497 e. The monoisotopic (exact) mass is 422 g/mol. The molecule has 0 amide bonds. The third-order valence-corrected chi connectivity index (χ3v) is 6.32. The maximum absolute atomic E-state index is 6.16. The summed E-state index contributed by atoms with van der Waals surface area (Å²) in [5, 5.41) is 3.64. The number of aliphatic imine (C=N–C) groups is 1. The fourth-order valence-corrected chi connectivity index (χ4v) is 4.59. The molecule has 4 rings (SSSR count). The van der Waals surface area contributed by atoms with E-state index < -0.39 is 0 Å². The number of hydrogen-bond donors (Lipinski definition) is 1. The summed E-state index contributed by atoms with van der Waals surface area (Å²) in [6.07, 6.45) is 2.45. The zero-order chi connectivity index (χ0) is 21.5. The first kappa shape index (κ1) is 21.5. The summed E-state index contributed by atoms with van der Waals surface area (Å²) in [4.78, 5) is 9.35. The number of hydrogen-bond acceptors (Lipinski definition) is 4. The highest BCUT2D eigenvalue weighted by atomic mass is 16.5. The molecular formula is C25H34N4O2. The number of methoxy groups -OCH3 is 1. The van der Waals surface area contributed by atoms with Gasteiger partial charge in [-0.05, 0) is 42.7 Å². The molecule has 2 fully saturated rings. The molecule has 2 atom stereocenters. The third kappa shape index (κ3) is 5.31. The topological polar surface area (TPSA) is 49.3 Å². The van der Waals surface area contributed by atoms with Gasteiger partial charge in [-0.3, -0.25) is 4.99 Å². The lowest BCUT2D eigenvalue weighted by Gasteiger charge is -2.38. The molecule has 31 heavy (non-hydrogen) atoms. The van der Waals surface area contributed by atoms with Crippen LogP contribution >= 0.6 is 0 Å². The van der Waals surface area contributed by atoms with Gasteiger partial charge in [0, 0.05) is 58.0 Å². The van der Waals surface area contributed by atoms with Gasteiger partial charge in [0.15, 0.2) is 5.96 Å². The number of piperazine rings is 1. The third-order valence-electron chi connectivity index (χ3n) is 6.32. The summed E-state index contributed by atoms with van der Waals surface area (Å²) in [7, 11) is 3.58. The molecule has 2 unspecified atom stereocenters. The van der Waals surface area contributed by atoms with Crippen LogP contribution < -0.4 is 15.0 Å². The van der Waals surface area contributed by atoms with Crippen LogP contribution in [0.15, 0.2) is 59.6 Å². The Morgan fingerprint density at radius 3 is 2.48 bits per heavy atom. The maximum atomic E-state index is 6.16. The van der Waals surface area contributed by atoms with E-state index in [4.69, 9.17) is 9.47 Å². The first-order valence-corrected chi connectivity index (χ1v) is 11.3. The van der Waals surface area contributed by atoms with E-state index in [-0.39, 0.29) is 6.10 Å². The van der Waals surface area contributed by atoms with Gasteiger partial charge in [0.05, 0.1) is 13.2 Å². The van der Waals surface area contributed by atoms with Crippen molar-refractivity contribution in [2.45, 2.75) is 18.9 Å². The number of nitrogens with zero attached hydrogens (tertiary/aromatic N) is 3. The van der Waals surface area contributed by atoms with Crippen molar-refractivity contribution in [2.75, 3.05) is 58.4 Å². The van der Waals surface area contributed by atoms with E-state index in [0.717, 1.165) is 57.5 Å². The average Bonchev–Trinajstić information content (AvgIpc) is 2.86. The number of ether oxygens (including phenoxy) is 2. The van der Waals surface area contributed by atoms with Gasteiger partial charge in [-0.15, -0.1) is 0 Å². The van der Waals surface area contributed by atoms with Gasteiger partial charge >= 0.3 is 0 Å². The van der Waals surface area contributed by atoms with Gasteiger partial charge in [0.2, 0.25) is 0 Å². The second-order valence-corrected chi connectivity index (χ2v) is 8.20. The zero-order valence-electron chi connectivity index (χ0n) is 18.7. The maximum Gasteiger partial charge on any atom is 0.193 e. The molecule has 6 heteroatoms. The van der Waals surface area contributed by atoms with Crippen LogP contribution in [0.4, 0.5) is 5.69 Å². The number of rotatable bonds is 5. The van der Waals surface area contributed by atoms with E-state index >= 15 is 0 Å². The molecule has 0 aromatic heterocycles. The summed E-state index contributed by atoms with van der Waals surface area (Å²) >= 11 is 0. The van der Waals surface area contributed by atoms with Crippen LogP contribution in [0.5, 0.6) is 5.75 Å². The molecule has 0 saturated carbocycles. The van der Waals surface area contributed by atoms with Gasteiger partial charge in [0.25, 0.3) is 0 Å². The molecule has 2 saturated heterocycles. The van der Waals surface area contributed by atoms with Crippen LogP contribution in [-0.4, -0.2) is 64.3 Å². The van der Waals surface area contributed by atoms with Crippen LogP contribution in [0.1, 0.15) is 24.5 Å². The Labute approximate surface area is 185 Å². The predicted octanol–water partition coefficient (Wildman–Crippen LogP) is 3.56.